The summed E-state index contributed by atoms with van der Waals surface area (Å²) >= 11 is 0. The molecule has 1 atom stereocenters. The summed E-state index contributed by atoms with van der Waals surface area (Å²) in [6.45, 7) is 3.23. The molecule has 1 aliphatic heterocycles. The van der Waals surface area contributed by atoms with Crippen LogP contribution in [0, 0.1) is 23.1 Å². The molecule has 2 rings (SSSR count). The van der Waals surface area contributed by atoms with Crippen molar-refractivity contribution in [1.29, 1.82) is 5.26 Å². The summed E-state index contributed by atoms with van der Waals surface area (Å²) in [5, 5.41) is 12.0. The average Bonchev–Trinajstić information content (AvgIpc) is 2.87. The number of halogens is 1. The van der Waals surface area contributed by atoms with E-state index < -0.39 is 0 Å². The number of nitrogens with one attached hydrogen (secondary N) is 1. The third kappa shape index (κ3) is 3.80. The van der Waals surface area contributed by atoms with Gasteiger partial charge in [0.2, 0.25) is 0 Å². The van der Waals surface area contributed by atoms with Crippen LogP contribution in [0.5, 0.6) is 0 Å². The molecule has 1 aromatic rings. The van der Waals surface area contributed by atoms with Crippen LogP contribution in [-0.4, -0.2) is 19.8 Å². The fourth-order valence-corrected chi connectivity index (χ4v) is 2.17. The Morgan fingerprint density at radius 2 is 2.33 bits per heavy atom. The van der Waals surface area contributed by atoms with Gasteiger partial charge in [-0.1, -0.05) is 0 Å². The fourth-order valence-electron chi connectivity index (χ4n) is 2.17. The van der Waals surface area contributed by atoms with E-state index in [1.165, 1.54) is 12.1 Å². The van der Waals surface area contributed by atoms with Crippen LogP contribution in [0.1, 0.15) is 24.0 Å². The maximum absolute atomic E-state index is 13.2. The molecular formula is C14H17FN2O. The standard InChI is InChI=1S/C14H17FN2O/c15-14-6-12(8-16)5-13(7-14)9-17-3-1-11-2-4-18-10-11/h5-7,11,17H,1-4,9-10H2. The zero-order valence-electron chi connectivity index (χ0n) is 10.3. The van der Waals surface area contributed by atoms with Crippen molar-refractivity contribution in [2.75, 3.05) is 19.8 Å². The van der Waals surface area contributed by atoms with Gasteiger partial charge in [0, 0.05) is 19.8 Å². The number of rotatable bonds is 5. The van der Waals surface area contributed by atoms with Crippen molar-refractivity contribution >= 4 is 0 Å². The molecule has 0 radical (unpaired) electrons. The summed E-state index contributed by atoms with van der Waals surface area (Å²) in [7, 11) is 0. The minimum absolute atomic E-state index is 0.352. The normalized spacial score (nSPS) is 18.8. The van der Waals surface area contributed by atoms with Gasteiger partial charge >= 0.3 is 0 Å². The maximum atomic E-state index is 13.2. The molecule has 18 heavy (non-hydrogen) atoms. The Balaban J connectivity index is 1.75. The van der Waals surface area contributed by atoms with Crippen molar-refractivity contribution in [3.05, 3.63) is 35.1 Å². The highest BCUT2D eigenvalue weighted by Crippen LogP contribution is 2.15. The van der Waals surface area contributed by atoms with Gasteiger partial charge in [-0.25, -0.2) is 4.39 Å². The van der Waals surface area contributed by atoms with E-state index in [1.54, 1.807) is 6.07 Å². The lowest BCUT2D eigenvalue weighted by atomic mass is 10.1. The summed E-state index contributed by atoms with van der Waals surface area (Å²) < 4.78 is 18.5. The highest BCUT2D eigenvalue weighted by Gasteiger charge is 2.14. The summed E-state index contributed by atoms with van der Waals surface area (Å²) in [4.78, 5) is 0. The summed E-state index contributed by atoms with van der Waals surface area (Å²) in [6, 6.07) is 6.39. The van der Waals surface area contributed by atoms with Gasteiger partial charge in [0.05, 0.1) is 11.6 Å². The molecule has 1 aromatic carbocycles. The molecule has 1 N–H and O–H groups in total. The van der Waals surface area contributed by atoms with Crippen LogP contribution in [0.4, 0.5) is 4.39 Å². The molecule has 0 amide bonds. The lowest BCUT2D eigenvalue weighted by Crippen LogP contribution is -2.18. The second-order valence-electron chi connectivity index (χ2n) is 4.66. The molecule has 4 heteroatoms. The Labute approximate surface area is 107 Å². The van der Waals surface area contributed by atoms with Crippen LogP contribution < -0.4 is 5.32 Å². The van der Waals surface area contributed by atoms with Crippen molar-refractivity contribution in [2.45, 2.75) is 19.4 Å². The largest absolute Gasteiger partial charge is 0.381 e. The molecule has 0 bridgehead atoms. The minimum Gasteiger partial charge on any atom is -0.381 e. The predicted molar refractivity (Wildman–Crippen MR) is 66.4 cm³/mol. The molecule has 96 valence electrons. The van der Waals surface area contributed by atoms with Crippen LogP contribution in [-0.2, 0) is 11.3 Å². The molecule has 1 heterocycles. The van der Waals surface area contributed by atoms with Gasteiger partial charge in [0.1, 0.15) is 5.82 Å². The van der Waals surface area contributed by atoms with E-state index in [-0.39, 0.29) is 5.82 Å². The van der Waals surface area contributed by atoms with Crippen LogP contribution >= 0.6 is 0 Å². The number of hydrogen-bond acceptors (Lipinski definition) is 3. The van der Waals surface area contributed by atoms with Crippen LogP contribution in [0.3, 0.4) is 0 Å². The molecule has 3 nitrogen and oxygen atoms in total. The second kappa shape index (κ2) is 6.48. The first-order valence-electron chi connectivity index (χ1n) is 6.26. The molecule has 0 spiro atoms. The Morgan fingerprint density at radius 1 is 1.44 bits per heavy atom. The van der Waals surface area contributed by atoms with Gasteiger partial charge in [0.25, 0.3) is 0 Å². The predicted octanol–water partition coefficient (Wildman–Crippen LogP) is 2.21. The van der Waals surface area contributed by atoms with Gasteiger partial charge < -0.3 is 10.1 Å². The number of hydrogen-bond donors (Lipinski definition) is 1. The maximum Gasteiger partial charge on any atom is 0.124 e. The van der Waals surface area contributed by atoms with E-state index in [0.717, 1.165) is 38.2 Å². The Hall–Kier alpha value is -1.44. The van der Waals surface area contributed by atoms with E-state index in [0.29, 0.717) is 18.0 Å². The smallest absolute Gasteiger partial charge is 0.124 e. The van der Waals surface area contributed by atoms with Crippen LogP contribution in [0.15, 0.2) is 18.2 Å². The van der Waals surface area contributed by atoms with E-state index in [1.807, 2.05) is 6.07 Å². The van der Waals surface area contributed by atoms with Crippen molar-refractivity contribution in [3.8, 4) is 6.07 Å². The third-order valence-electron chi connectivity index (χ3n) is 3.17. The van der Waals surface area contributed by atoms with Gasteiger partial charge in [-0.15, -0.1) is 0 Å². The van der Waals surface area contributed by atoms with Gasteiger partial charge in [-0.2, -0.15) is 5.26 Å². The summed E-state index contributed by atoms with van der Waals surface area (Å²) in [5.74, 6) is 0.301. The number of nitrogens with zero attached hydrogens (tertiary/aromatic N) is 1. The van der Waals surface area contributed by atoms with Gasteiger partial charge in [-0.05, 0) is 49.1 Å². The zero-order chi connectivity index (χ0) is 12.8. The highest BCUT2D eigenvalue weighted by atomic mass is 19.1. The molecule has 1 unspecified atom stereocenters. The molecule has 1 fully saturated rings. The summed E-state index contributed by atoms with van der Waals surface area (Å²) in [6.07, 6.45) is 2.22. The third-order valence-corrected chi connectivity index (χ3v) is 3.17. The highest BCUT2D eigenvalue weighted by molar-refractivity contribution is 5.33. The second-order valence-corrected chi connectivity index (χ2v) is 4.66. The first kappa shape index (κ1) is 13.0. The number of ether oxygens (including phenoxy) is 1. The SMILES string of the molecule is N#Cc1cc(F)cc(CNCCC2CCOC2)c1. The van der Waals surface area contributed by atoms with Crippen LogP contribution in [0.25, 0.3) is 0 Å². The van der Waals surface area contributed by atoms with E-state index in [9.17, 15) is 4.39 Å². The number of nitriles is 1. The zero-order valence-corrected chi connectivity index (χ0v) is 10.3. The molecule has 1 aliphatic rings. The number of benzene rings is 1. The molecule has 0 aliphatic carbocycles. The molecule has 1 saturated heterocycles. The lowest BCUT2D eigenvalue weighted by molar-refractivity contribution is 0.184. The Kier molecular flexibility index (Phi) is 4.68. The van der Waals surface area contributed by atoms with Crippen LogP contribution in [0.2, 0.25) is 0 Å². The van der Waals surface area contributed by atoms with Crippen molar-refractivity contribution < 1.29 is 9.13 Å². The van der Waals surface area contributed by atoms with Gasteiger partial charge in [0.15, 0.2) is 0 Å². The van der Waals surface area contributed by atoms with E-state index >= 15 is 0 Å². The molecule has 0 aromatic heterocycles. The average molecular weight is 248 g/mol. The van der Waals surface area contributed by atoms with E-state index in [4.69, 9.17) is 10.00 Å². The Morgan fingerprint density at radius 3 is 3.06 bits per heavy atom. The topological polar surface area (TPSA) is 45.0 Å². The molecular weight excluding hydrogens is 231 g/mol. The Bertz CT molecular complexity index is 436. The first-order chi connectivity index (χ1) is 8.78. The quantitative estimate of drug-likeness (QED) is 0.813. The lowest BCUT2D eigenvalue weighted by Gasteiger charge is -2.09. The first-order valence-corrected chi connectivity index (χ1v) is 6.26. The van der Waals surface area contributed by atoms with Crippen molar-refractivity contribution in [3.63, 3.8) is 0 Å². The summed E-state index contributed by atoms with van der Waals surface area (Å²) in [5.41, 5.74) is 1.19. The van der Waals surface area contributed by atoms with Crippen molar-refractivity contribution in [2.24, 2.45) is 5.92 Å². The van der Waals surface area contributed by atoms with Gasteiger partial charge in [-0.3, -0.25) is 0 Å². The van der Waals surface area contributed by atoms with E-state index in [2.05, 4.69) is 5.32 Å². The fraction of sp³-hybridized carbons (Fsp3) is 0.500. The molecule has 0 saturated carbocycles. The monoisotopic (exact) mass is 248 g/mol. The van der Waals surface area contributed by atoms with Crippen molar-refractivity contribution in [1.82, 2.24) is 5.32 Å². The minimum atomic E-state index is -0.352.